The van der Waals surface area contributed by atoms with E-state index < -0.39 is 12.0 Å². The zero-order valence-corrected chi connectivity index (χ0v) is 10.9. The summed E-state index contributed by atoms with van der Waals surface area (Å²) in [5.74, 6) is -1.02. The highest BCUT2D eigenvalue weighted by Crippen LogP contribution is 2.26. The van der Waals surface area contributed by atoms with Gasteiger partial charge in [0, 0.05) is 6.54 Å². The van der Waals surface area contributed by atoms with E-state index in [9.17, 15) is 14.7 Å². The number of carbonyl (C=O) groups excluding carboxylic acids is 1. The van der Waals surface area contributed by atoms with Crippen LogP contribution >= 0.6 is 11.8 Å². The lowest BCUT2D eigenvalue weighted by Crippen LogP contribution is -2.38. The Bertz CT molecular complexity index is 490. The number of aliphatic hydroxyl groups excluding tert-OH is 1. The van der Waals surface area contributed by atoms with E-state index in [0.29, 0.717) is 18.1 Å². The van der Waals surface area contributed by atoms with Crippen LogP contribution in [0, 0.1) is 0 Å². The summed E-state index contributed by atoms with van der Waals surface area (Å²) < 4.78 is 1.53. The fraction of sp³-hybridized carbons (Fsp3) is 0.600. The monoisotopic (exact) mass is 286 g/mol. The Balaban J connectivity index is 2.27. The molecule has 1 atom stereocenters. The van der Waals surface area contributed by atoms with Crippen molar-refractivity contribution in [1.82, 2.24) is 20.1 Å². The number of carboxylic acids is 1. The third kappa shape index (κ3) is 3.04. The number of carboxylic acid groups (broad SMARTS) is 1. The molecule has 1 fully saturated rings. The van der Waals surface area contributed by atoms with Crippen molar-refractivity contribution >= 4 is 23.6 Å². The number of amides is 1. The first-order valence-electron chi connectivity index (χ1n) is 5.80. The van der Waals surface area contributed by atoms with E-state index in [2.05, 4.69) is 15.5 Å². The summed E-state index contributed by atoms with van der Waals surface area (Å²) in [5.41, 5.74) is 0. The fourth-order valence-electron chi connectivity index (χ4n) is 1.96. The van der Waals surface area contributed by atoms with Crippen molar-refractivity contribution in [1.29, 1.82) is 0 Å². The fourth-order valence-corrected chi connectivity index (χ4v) is 2.68. The maximum atomic E-state index is 11.9. The van der Waals surface area contributed by atoms with Gasteiger partial charge in [0.25, 0.3) is 0 Å². The average Bonchev–Trinajstić information content (AvgIpc) is 2.79. The van der Waals surface area contributed by atoms with Crippen molar-refractivity contribution in [2.45, 2.75) is 30.6 Å². The van der Waals surface area contributed by atoms with Crippen LogP contribution in [0.3, 0.4) is 0 Å². The Morgan fingerprint density at radius 2 is 2.32 bits per heavy atom. The molecule has 104 valence electrons. The molecule has 2 heterocycles. The molecule has 0 spiro atoms. The third-order valence-corrected chi connectivity index (χ3v) is 3.70. The number of carbonyl (C=O) groups is 2. The molecule has 1 amide bonds. The first-order chi connectivity index (χ1) is 9.13. The molecule has 9 heteroatoms. The summed E-state index contributed by atoms with van der Waals surface area (Å²) in [4.78, 5) is 22.5. The number of aromatic nitrogens is 3. The summed E-state index contributed by atoms with van der Waals surface area (Å²) in [6, 6.07) is -0.484. The van der Waals surface area contributed by atoms with Gasteiger partial charge >= 0.3 is 5.97 Å². The van der Waals surface area contributed by atoms with Gasteiger partial charge in [0.2, 0.25) is 5.91 Å². The van der Waals surface area contributed by atoms with Crippen LogP contribution in [-0.2, 0) is 16.2 Å². The first kappa shape index (κ1) is 13.8. The van der Waals surface area contributed by atoms with Crippen LogP contribution in [0.4, 0.5) is 0 Å². The Labute approximate surface area is 113 Å². The summed E-state index contributed by atoms with van der Waals surface area (Å²) >= 11 is 0.986. The molecular weight excluding hydrogens is 272 g/mol. The second-order valence-corrected chi connectivity index (χ2v) is 5.00. The molecule has 1 unspecified atom stereocenters. The van der Waals surface area contributed by atoms with Gasteiger partial charge in [0.1, 0.15) is 12.6 Å². The Morgan fingerprint density at radius 1 is 1.53 bits per heavy atom. The molecule has 0 saturated carbocycles. The zero-order chi connectivity index (χ0) is 13.8. The summed E-state index contributed by atoms with van der Waals surface area (Å²) in [6.45, 7) is 0.286. The van der Waals surface area contributed by atoms with E-state index in [0.717, 1.165) is 18.2 Å². The normalized spacial score (nSPS) is 19.2. The van der Waals surface area contributed by atoms with Crippen molar-refractivity contribution in [3.8, 4) is 0 Å². The van der Waals surface area contributed by atoms with Crippen LogP contribution in [0.15, 0.2) is 5.16 Å². The van der Waals surface area contributed by atoms with E-state index in [1.54, 1.807) is 0 Å². The lowest BCUT2D eigenvalue weighted by Gasteiger charge is -2.24. The molecule has 2 rings (SSSR count). The second-order valence-electron chi connectivity index (χ2n) is 4.06. The second kappa shape index (κ2) is 6.02. The molecule has 0 bridgehead atoms. The quantitative estimate of drug-likeness (QED) is 0.618. The van der Waals surface area contributed by atoms with Crippen LogP contribution in [0.2, 0.25) is 0 Å². The van der Waals surface area contributed by atoms with Gasteiger partial charge < -0.3 is 15.5 Å². The topological polar surface area (TPSA) is 117 Å². The molecule has 1 saturated heterocycles. The minimum atomic E-state index is -0.974. The molecule has 3 N–H and O–H groups in total. The van der Waals surface area contributed by atoms with Crippen LogP contribution in [0.25, 0.3) is 0 Å². The lowest BCUT2D eigenvalue weighted by molar-refractivity contribution is -0.134. The van der Waals surface area contributed by atoms with Crippen molar-refractivity contribution in [2.24, 2.45) is 0 Å². The van der Waals surface area contributed by atoms with Crippen molar-refractivity contribution in [3.63, 3.8) is 0 Å². The van der Waals surface area contributed by atoms with E-state index in [1.165, 1.54) is 4.57 Å². The molecule has 0 aliphatic carbocycles. The molecule has 0 radical (unpaired) electrons. The molecule has 1 aliphatic rings. The SMILES string of the molecule is O=C(O)CSc1nnc(CO)n1C1CCCNC1=O. The number of nitrogens with one attached hydrogen (secondary N) is 1. The third-order valence-electron chi connectivity index (χ3n) is 2.77. The van der Waals surface area contributed by atoms with Gasteiger partial charge in [-0.2, -0.15) is 0 Å². The Hall–Kier alpha value is -1.61. The first-order valence-corrected chi connectivity index (χ1v) is 6.79. The average molecular weight is 286 g/mol. The van der Waals surface area contributed by atoms with Gasteiger partial charge in [-0.25, -0.2) is 0 Å². The number of nitrogens with zero attached hydrogens (tertiary/aromatic N) is 3. The van der Waals surface area contributed by atoms with Gasteiger partial charge in [-0.15, -0.1) is 10.2 Å². The lowest BCUT2D eigenvalue weighted by atomic mass is 10.1. The summed E-state index contributed by atoms with van der Waals surface area (Å²) in [7, 11) is 0. The number of hydrogen-bond donors (Lipinski definition) is 3. The van der Waals surface area contributed by atoms with Crippen molar-refractivity contribution in [3.05, 3.63) is 5.82 Å². The number of rotatable bonds is 5. The maximum Gasteiger partial charge on any atom is 0.313 e. The molecule has 0 aromatic carbocycles. The van der Waals surface area contributed by atoms with Gasteiger partial charge in [-0.1, -0.05) is 11.8 Å². The highest BCUT2D eigenvalue weighted by atomic mass is 32.2. The standard InChI is InChI=1S/C10H14N4O4S/c15-4-7-12-13-10(19-5-8(16)17)14(7)6-2-1-3-11-9(6)18/h6,15H,1-5H2,(H,11,18)(H,16,17). The minimum absolute atomic E-state index is 0.155. The summed E-state index contributed by atoms with van der Waals surface area (Å²) in [5, 5.41) is 28.6. The summed E-state index contributed by atoms with van der Waals surface area (Å²) in [6.07, 6.45) is 1.44. The number of aliphatic carboxylic acids is 1. The highest BCUT2D eigenvalue weighted by molar-refractivity contribution is 7.99. The minimum Gasteiger partial charge on any atom is -0.481 e. The highest BCUT2D eigenvalue weighted by Gasteiger charge is 2.29. The Morgan fingerprint density at radius 3 is 2.95 bits per heavy atom. The van der Waals surface area contributed by atoms with Gasteiger partial charge in [0.05, 0.1) is 5.75 Å². The Kier molecular flexibility index (Phi) is 4.38. The van der Waals surface area contributed by atoms with Crippen molar-refractivity contribution < 1.29 is 19.8 Å². The van der Waals surface area contributed by atoms with Crippen molar-refractivity contribution in [2.75, 3.05) is 12.3 Å². The number of piperidine rings is 1. The number of aliphatic hydroxyl groups is 1. The van der Waals surface area contributed by atoms with E-state index in [1.807, 2.05) is 0 Å². The largest absolute Gasteiger partial charge is 0.481 e. The molecular formula is C10H14N4O4S. The predicted molar refractivity (Wildman–Crippen MR) is 65.6 cm³/mol. The van der Waals surface area contributed by atoms with Crippen LogP contribution in [0.5, 0.6) is 0 Å². The van der Waals surface area contributed by atoms with Gasteiger partial charge in [-0.05, 0) is 12.8 Å². The smallest absolute Gasteiger partial charge is 0.313 e. The molecule has 8 nitrogen and oxygen atoms in total. The van der Waals surface area contributed by atoms with E-state index >= 15 is 0 Å². The molecule has 19 heavy (non-hydrogen) atoms. The van der Waals surface area contributed by atoms with E-state index in [4.69, 9.17) is 5.11 Å². The van der Waals surface area contributed by atoms with Crippen LogP contribution < -0.4 is 5.32 Å². The number of thioether (sulfide) groups is 1. The molecule has 1 aromatic heterocycles. The molecule has 1 aliphatic heterocycles. The van der Waals surface area contributed by atoms with Crippen LogP contribution in [-0.4, -0.2) is 49.2 Å². The number of hydrogen-bond acceptors (Lipinski definition) is 6. The maximum absolute atomic E-state index is 11.9. The van der Waals surface area contributed by atoms with Crippen LogP contribution in [0.1, 0.15) is 24.7 Å². The van der Waals surface area contributed by atoms with E-state index in [-0.39, 0.29) is 24.1 Å². The predicted octanol–water partition coefficient (Wildman–Crippen LogP) is -0.602. The van der Waals surface area contributed by atoms with Gasteiger partial charge in [0.15, 0.2) is 11.0 Å². The van der Waals surface area contributed by atoms with Gasteiger partial charge in [-0.3, -0.25) is 14.2 Å². The molecule has 1 aromatic rings. The zero-order valence-electron chi connectivity index (χ0n) is 10.1.